The molecule has 0 aromatic heterocycles. The maximum atomic E-state index is 13.1. The van der Waals surface area contributed by atoms with Crippen molar-refractivity contribution in [1.29, 1.82) is 0 Å². The highest BCUT2D eigenvalue weighted by molar-refractivity contribution is 7.80. The predicted molar refractivity (Wildman–Crippen MR) is 79.6 cm³/mol. The molecule has 0 saturated carbocycles. The lowest BCUT2D eigenvalue weighted by Gasteiger charge is -2.12. The van der Waals surface area contributed by atoms with Crippen LogP contribution in [0.25, 0.3) is 0 Å². The van der Waals surface area contributed by atoms with E-state index in [1.807, 2.05) is 0 Å². The fourth-order valence-corrected chi connectivity index (χ4v) is 1.85. The molecule has 5 heteroatoms. The smallest absolute Gasteiger partial charge is 0.161 e. The molecule has 0 aliphatic rings. The van der Waals surface area contributed by atoms with Gasteiger partial charge in [-0.05, 0) is 35.9 Å². The van der Waals surface area contributed by atoms with Gasteiger partial charge in [0.25, 0.3) is 0 Å². The Bertz CT molecular complexity index is 631. The SMILES string of the molecule is COc1cc(C(N)=S)ccc1OCc1cccc(F)c1. The summed E-state index contributed by atoms with van der Waals surface area (Å²) in [6.07, 6.45) is 0. The van der Waals surface area contributed by atoms with Crippen LogP contribution in [0.15, 0.2) is 42.5 Å². The number of rotatable bonds is 5. The zero-order valence-electron chi connectivity index (χ0n) is 10.9. The summed E-state index contributed by atoms with van der Waals surface area (Å²) in [5.74, 6) is 0.797. The molecule has 2 N–H and O–H groups in total. The highest BCUT2D eigenvalue weighted by Gasteiger charge is 2.07. The normalized spacial score (nSPS) is 10.1. The lowest BCUT2D eigenvalue weighted by Crippen LogP contribution is -2.09. The van der Waals surface area contributed by atoms with Gasteiger partial charge in [-0.2, -0.15) is 0 Å². The van der Waals surface area contributed by atoms with Crippen molar-refractivity contribution in [3.05, 3.63) is 59.4 Å². The van der Waals surface area contributed by atoms with Crippen LogP contribution in [0, 0.1) is 5.82 Å². The van der Waals surface area contributed by atoms with Crippen LogP contribution in [-0.4, -0.2) is 12.1 Å². The lowest BCUT2D eigenvalue weighted by atomic mass is 10.2. The van der Waals surface area contributed by atoms with Crippen LogP contribution in [-0.2, 0) is 6.61 Å². The van der Waals surface area contributed by atoms with Crippen LogP contribution in [0.1, 0.15) is 11.1 Å². The van der Waals surface area contributed by atoms with Crippen LogP contribution in [0.3, 0.4) is 0 Å². The topological polar surface area (TPSA) is 44.5 Å². The second-order valence-corrected chi connectivity index (χ2v) is 4.59. The Hall–Kier alpha value is -2.14. The van der Waals surface area contributed by atoms with E-state index >= 15 is 0 Å². The average molecular weight is 291 g/mol. The van der Waals surface area contributed by atoms with Crippen molar-refractivity contribution in [2.75, 3.05) is 7.11 Å². The van der Waals surface area contributed by atoms with E-state index in [-0.39, 0.29) is 12.4 Å². The number of hydrogen-bond acceptors (Lipinski definition) is 3. The maximum absolute atomic E-state index is 13.1. The summed E-state index contributed by atoms with van der Waals surface area (Å²) in [5.41, 5.74) is 7.01. The molecule has 0 amide bonds. The van der Waals surface area contributed by atoms with Crippen LogP contribution < -0.4 is 15.2 Å². The van der Waals surface area contributed by atoms with Crippen molar-refractivity contribution in [1.82, 2.24) is 0 Å². The number of hydrogen-bond donors (Lipinski definition) is 1. The first-order valence-corrected chi connectivity index (χ1v) is 6.36. The molecule has 2 aromatic carbocycles. The first-order chi connectivity index (χ1) is 9.60. The summed E-state index contributed by atoms with van der Waals surface area (Å²) in [7, 11) is 1.54. The second-order valence-electron chi connectivity index (χ2n) is 4.15. The van der Waals surface area contributed by atoms with Crippen molar-refractivity contribution >= 4 is 17.2 Å². The van der Waals surface area contributed by atoms with Crippen molar-refractivity contribution in [2.24, 2.45) is 5.73 Å². The largest absolute Gasteiger partial charge is 0.493 e. The highest BCUT2D eigenvalue weighted by Crippen LogP contribution is 2.28. The van der Waals surface area contributed by atoms with Gasteiger partial charge >= 0.3 is 0 Å². The number of thiocarbonyl (C=S) groups is 1. The van der Waals surface area contributed by atoms with E-state index in [0.29, 0.717) is 22.1 Å². The lowest BCUT2D eigenvalue weighted by molar-refractivity contribution is 0.284. The summed E-state index contributed by atoms with van der Waals surface area (Å²) in [6, 6.07) is 11.4. The Labute approximate surface area is 122 Å². The quantitative estimate of drug-likeness (QED) is 0.860. The minimum Gasteiger partial charge on any atom is -0.493 e. The molecule has 3 nitrogen and oxygen atoms in total. The second kappa shape index (κ2) is 6.34. The number of nitrogens with two attached hydrogens (primary N) is 1. The Kier molecular flexibility index (Phi) is 4.53. The zero-order chi connectivity index (χ0) is 14.5. The van der Waals surface area contributed by atoms with E-state index in [1.54, 1.807) is 30.3 Å². The number of halogens is 1. The first kappa shape index (κ1) is 14.3. The fraction of sp³-hybridized carbons (Fsp3) is 0.133. The van der Waals surface area contributed by atoms with Crippen molar-refractivity contribution in [3.63, 3.8) is 0 Å². The van der Waals surface area contributed by atoms with Gasteiger partial charge in [-0.3, -0.25) is 0 Å². The molecule has 2 rings (SSSR count). The summed E-state index contributed by atoms with van der Waals surface area (Å²) in [6.45, 7) is 0.251. The van der Waals surface area contributed by atoms with Gasteiger partial charge in [-0.15, -0.1) is 0 Å². The van der Waals surface area contributed by atoms with E-state index in [9.17, 15) is 4.39 Å². The van der Waals surface area contributed by atoms with Crippen molar-refractivity contribution in [2.45, 2.75) is 6.61 Å². The van der Waals surface area contributed by atoms with Gasteiger partial charge in [0.2, 0.25) is 0 Å². The molecule has 0 fully saturated rings. The molecule has 0 radical (unpaired) electrons. The van der Waals surface area contributed by atoms with Gasteiger partial charge in [0.15, 0.2) is 11.5 Å². The fourth-order valence-electron chi connectivity index (χ4n) is 1.73. The summed E-state index contributed by atoms with van der Waals surface area (Å²) in [4.78, 5) is 0.292. The molecular weight excluding hydrogens is 277 g/mol. The Balaban J connectivity index is 2.15. The Morgan fingerprint density at radius 1 is 1.20 bits per heavy atom. The van der Waals surface area contributed by atoms with Gasteiger partial charge in [0.05, 0.1) is 7.11 Å². The summed E-state index contributed by atoms with van der Waals surface area (Å²) in [5, 5.41) is 0. The minimum atomic E-state index is -0.290. The standard InChI is InChI=1S/C15H14FNO2S/c1-18-14-8-11(15(17)20)5-6-13(14)19-9-10-3-2-4-12(16)7-10/h2-8H,9H2,1H3,(H2,17,20). The van der Waals surface area contributed by atoms with Crippen LogP contribution in [0.5, 0.6) is 11.5 Å². The molecule has 0 atom stereocenters. The number of benzene rings is 2. The van der Waals surface area contributed by atoms with Crippen LogP contribution in [0.4, 0.5) is 4.39 Å². The highest BCUT2D eigenvalue weighted by atomic mass is 32.1. The molecule has 0 aliphatic heterocycles. The van der Waals surface area contributed by atoms with Gasteiger partial charge in [-0.1, -0.05) is 24.4 Å². The molecule has 0 spiro atoms. The third-order valence-electron chi connectivity index (χ3n) is 2.73. The molecule has 0 aliphatic carbocycles. The Morgan fingerprint density at radius 2 is 2.00 bits per heavy atom. The van der Waals surface area contributed by atoms with Gasteiger partial charge in [-0.25, -0.2) is 4.39 Å². The van der Waals surface area contributed by atoms with E-state index in [0.717, 1.165) is 5.56 Å². The third-order valence-corrected chi connectivity index (χ3v) is 2.97. The monoisotopic (exact) mass is 291 g/mol. The van der Waals surface area contributed by atoms with Crippen LogP contribution >= 0.6 is 12.2 Å². The molecule has 0 heterocycles. The molecule has 0 unspecified atom stereocenters. The summed E-state index contributed by atoms with van der Waals surface area (Å²) >= 11 is 4.91. The molecule has 0 bridgehead atoms. The average Bonchev–Trinajstić information content (AvgIpc) is 2.45. The number of methoxy groups -OCH3 is 1. The first-order valence-electron chi connectivity index (χ1n) is 5.95. The minimum absolute atomic E-state index is 0.251. The molecule has 2 aromatic rings. The van der Waals surface area contributed by atoms with E-state index in [1.165, 1.54) is 19.2 Å². The Morgan fingerprint density at radius 3 is 2.65 bits per heavy atom. The van der Waals surface area contributed by atoms with Gasteiger partial charge in [0, 0.05) is 5.56 Å². The molecule has 20 heavy (non-hydrogen) atoms. The summed E-state index contributed by atoms with van der Waals surface area (Å²) < 4.78 is 23.9. The van der Waals surface area contributed by atoms with Crippen LogP contribution in [0.2, 0.25) is 0 Å². The van der Waals surface area contributed by atoms with E-state index < -0.39 is 0 Å². The number of ether oxygens (including phenoxy) is 2. The predicted octanol–water partition coefficient (Wildman–Crippen LogP) is 3.05. The molecule has 0 saturated heterocycles. The molecular formula is C15H14FNO2S. The third kappa shape index (κ3) is 3.45. The zero-order valence-corrected chi connectivity index (χ0v) is 11.7. The molecule has 104 valence electrons. The van der Waals surface area contributed by atoms with Gasteiger partial charge in [0.1, 0.15) is 17.4 Å². The maximum Gasteiger partial charge on any atom is 0.161 e. The van der Waals surface area contributed by atoms with E-state index in [4.69, 9.17) is 27.4 Å². The van der Waals surface area contributed by atoms with Gasteiger partial charge < -0.3 is 15.2 Å². The van der Waals surface area contributed by atoms with Crippen molar-refractivity contribution in [3.8, 4) is 11.5 Å². The van der Waals surface area contributed by atoms with Crippen molar-refractivity contribution < 1.29 is 13.9 Å². The van der Waals surface area contributed by atoms with E-state index in [2.05, 4.69) is 0 Å².